The lowest BCUT2D eigenvalue weighted by atomic mass is 9.52. The van der Waals surface area contributed by atoms with Crippen molar-refractivity contribution in [2.75, 3.05) is 0 Å². The van der Waals surface area contributed by atoms with Crippen molar-refractivity contribution >= 4 is 66.7 Å². The Kier molecular flexibility index (Phi) is 24.3. The molecule has 0 N–H and O–H groups in total. The van der Waals surface area contributed by atoms with Crippen LogP contribution in [0.25, 0.3) is 134 Å². The molecular weight excluding hydrogens is 1770 g/mol. The zero-order valence-corrected chi connectivity index (χ0v) is 81.0. The highest BCUT2D eigenvalue weighted by Gasteiger charge is 2.58. The quantitative estimate of drug-likeness (QED) is 0.0819. The number of aromatic nitrogens is 12. The molecule has 0 spiro atoms. The summed E-state index contributed by atoms with van der Waals surface area (Å²) in [5, 5.41) is 3.80. The van der Waals surface area contributed by atoms with Crippen molar-refractivity contribution in [2.24, 2.45) is 46.3 Å². The van der Waals surface area contributed by atoms with Crippen LogP contribution in [0.4, 0.5) is 17.6 Å². The van der Waals surface area contributed by atoms with Gasteiger partial charge in [-0.1, -0.05) is 214 Å². The van der Waals surface area contributed by atoms with Gasteiger partial charge in [-0.25, -0.2) is 57.4 Å². The molecule has 0 bridgehead atoms. The Labute approximate surface area is 823 Å². The number of allylic oxidation sites excluding steroid dienone is 7. The Morgan fingerprint density at radius 3 is 1.04 bits per heavy atom. The standard InChI is InChI=1S/C32H30FN3O.C32H28FN3O.C29H26FN3O.C29H24FN3O/c2*1-4-17-31(2)26-14-13-23-28(22-10-5-7-11-24(22)33)35-30(36-29(23)32(26,3)18-15-27(31)37)21-16-19-34-25-12-8-6-9-20(21)25;2*1-17-22-12-11-21-26(20-8-3-5-9-23(20)30)32-28(33-27(21)29(22,2)15-13-25(17)34)19-14-16-31-24-10-6-4-7-18(19)24/h5-12,15-16,18-19,26H,4,13-14,17H2,1-3H3;4-12,15-16,18-19,26H,1,13-14,17H2,2-3H3;3-10,14,16-17,22H,11-13,15H2,1-2H3;3-10,13-17,22H,11-12H2,1-2H3/t2*26-,31-,32-;2*17-,22-,29-/m1111/s1. The summed E-state index contributed by atoms with van der Waals surface area (Å²) < 4.78 is 60.5. The van der Waals surface area contributed by atoms with Crippen molar-refractivity contribution < 1.29 is 36.7 Å². The fraction of sp³-hybridized carbons (Fsp3) is 0.279. The number of fused-ring (bicyclic) bond motifs is 16. The minimum Gasteiger partial charge on any atom is -0.299 e. The van der Waals surface area contributed by atoms with Crippen LogP contribution in [0.1, 0.15) is 165 Å². The molecule has 20 heteroatoms. The molecule has 0 radical (unpaired) electrons. The van der Waals surface area contributed by atoms with Crippen molar-refractivity contribution in [1.29, 1.82) is 0 Å². The first-order valence-corrected chi connectivity index (χ1v) is 49.5. The molecule has 1 fully saturated rings. The molecule has 8 aromatic heterocycles. The summed E-state index contributed by atoms with van der Waals surface area (Å²) in [6.07, 6.45) is 30.0. The Balaban J connectivity index is 0.000000112. The maximum Gasteiger partial charge on any atom is 0.161 e. The van der Waals surface area contributed by atoms with Crippen LogP contribution < -0.4 is 0 Å². The van der Waals surface area contributed by atoms with E-state index in [0.717, 1.165) is 162 Å². The topological polar surface area (TPSA) is 223 Å². The summed E-state index contributed by atoms with van der Waals surface area (Å²) >= 11 is 0. The van der Waals surface area contributed by atoms with Crippen LogP contribution in [0.15, 0.2) is 292 Å². The number of pyridine rings is 4. The molecule has 0 amide bonds. The second-order valence-corrected chi connectivity index (χ2v) is 40.8. The van der Waals surface area contributed by atoms with E-state index in [4.69, 9.17) is 39.9 Å². The van der Waals surface area contributed by atoms with Crippen LogP contribution in [0.5, 0.6) is 0 Å². The summed E-state index contributed by atoms with van der Waals surface area (Å²) in [6, 6.07) is 66.6. The van der Waals surface area contributed by atoms with Crippen LogP contribution in [-0.4, -0.2) is 82.9 Å². The average Bonchev–Trinajstić information content (AvgIpc) is 0.712. The van der Waals surface area contributed by atoms with Gasteiger partial charge in [-0.05, 0) is 210 Å². The highest BCUT2D eigenvalue weighted by atomic mass is 19.1. The number of hydrogen-bond acceptors (Lipinski definition) is 16. The molecule has 1 saturated carbocycles. The van der Waals surface area contributed by atoms with Crippen LogP contribution in [-0.2, 0) is 66.5 Å². The third-order valence-electron chi connectivity index (χ3n) is 32.8. The first-order chi connectivity index (χ1) is 68.7. The summed E-state index contributed by atoms with van der Waals surface area (Å²) in [6.45, 7) is 23.1. The maximum absolute atomic E-state index is 15.2. The molecule has 8 aromatic carbocycles. The second-order valence-electron chi connectivity index (χ2n) is 40.8. The number of Topliss-reactive ketones (excluding diaryl/α,β-unsaturated/α-hetero) is 1. The number of nitrogens with zero attached hydrogens (tertiary/aromatic N) is 12. The Bertz CT molecular complexity index is 7950. The first-order valence-electron chi connectivity index (χ1n) is 49.5. The van der Waals surface area contributed by atoms with Gasteiger partial charge in [0.2, 0.25) is 0 Å². The molecule has 8 aliphatic carbocycles. The van der Waals surface area contributed by atoms with E-state index in [2.05, 4.69) is 75.0 Å². The van der Waals surface area contributed by atoms with E-state index >= 15 is 17.6 Å². The number of benzene rings is 8. The summed E-state index contributed by atoms with van der Waals surface area (Å²) in [7, 11) is 0. The molecule has 0 aliphatic heterocycles. The normalized spacial score (nSPS) is 24.2. The molecule has 16 aromatic rings. The molecular formula is C122H108F4N12O4. The van der Waals surface area contributed by atoms with E-state index in [0.29, 0.717) is 106 Å². The molecule has 12 atom stereocenters. The van der Waals surface area contributed by atoms with Gasteiger partial charge in [0.15, 0.2) is 40.6 Å². The number of halogens is 4. The van der Waals surface area contributed by atoms with E-state index in [1.807, 2.05) is 184 Å². The van der Waals surface area contributed by atoms with E-state index in [1.165, 1.54) is 24.3 Å². The zero-order valence-electron chi connectivity index (χ0n) is 81.0. The summed E-state index contributed by atoms with van der Waals surface area (Å²) in [5.41, 5.74) is 16.3. The second kappa shape index (κ2) is 36.9. The van der Waals surface area contributed by atoms with Crippen LogP contribution >= 0.6 is 0 Å². The van der Waals surface area contributed by atoms with Gasteiger partial charge in [0.05, 0.1) is 67.6 Å². The van der Waals surface area contributed by atoms with Gasteiger partial charge in [0.25, 0.3) is 0 Å². The summed E-state index contributed by atoms with van der Waals surface area (Å²) in [4.78, 5) is 110. The number of carbonyl (C=O) groups is 4. The Hall–Kier alpha value is -14.9. The lowest BCUT2D eigenvalue weighted by molar-refractivity contribution is -0.130. The molecule has 142 heavy (non-hydrogen) atoms. The van der Waals surface area contributed by atoms with Gasteiger partial charge in [-0.3, -0.25) is 39.1 Å². The van der Waals surface area contributed by atoms with Crippen LogP contribution in [0.2, 0.25) is 0 Å². The highest BCUT2D eigenvalue weighted by Crippen LogP contribution is 2.60. The van der Waals surface area contributed by atoms with Gasteiger partial charge >= 0.3 is 0 Å². The van der Waals surface area contributed by atoms with Crippen LogP contribution in [0, 0.1) is 69.6 Å². The fourth-order valence-corrected chi connectivity index (χ4v) is 25.4. The van der Waals surface area contributed by atoms with Crippen molar-refractivity contribution in [3.8, 4) is 90.6 Å². The largest absolute Gasteiger partial charge is 0.299 e. The maximum atomic E-state index is 15.2. The van der Waals surface area contributed by atoms with Gasteiger partial charge in [-0.2, -0.15) is 0 Å². The van der Waals surface area contributed by atoms with E-state index in [1.54, 1.807) is 91.5 Å². The minimum absolute atomic E-state index is 0.00369. The van der Waals surface area contributed by atoms with E-state index < -0.39 is 27.1 Å². The number of rotatable bonds is 12. The third-order valence-corrected chi connectivity index (χ3v) is 32.8. The summed E-state index contributed by atoms with van der Waals surface area (Å²) in [5.74, 6) is 2.29. The molecule has 708 valence electrons. The van der Waals surface area contributed by atoms with Crippen molar-refractivity contribution in [2.45, 2.75) is 167 Å². The van der Waals surface area contributed by atoms with Gasteiger partial charge in [0.1, 0.15) is 29.1 Å². The predicted molar refractivity (Wildman–Crippen MR) is 550 cm³/mol. The van der Waals surface area contributed by atoms with Gasteiger partial charge in [0, 0.05) is 164 Å². The molecule has 8 aliphatic rings. The first kappa shape index (κ1) is 93.4. The molecule has 24 rings (SSSR count). The molecule has 8 heterocycles. The lowest BCUT2D eigenvalue weighted by Crippen LogP contribution is -2.51. The number of ketones is 4. The predicted octanol–water partition coefficient (Wildman–Crippen LogP) is 26.7. The number of para-hydroxylation sites is 4. The Morgan fingerprint density at radius 1 is 0.345 bits per heavy atom. The molecule has 0 unspecified atom stereocenters. The fourth-order valence-electron chi connectivity index (χ4n) is 25.4. The monoisotopic (exact) mass is 1880 g/mol. The smallest absolute Gasteiger partial charge is 0.161 e. The SMILES string of the molecule is C=CC[C@@]1(C)C(=O)C=C[C@@]2(C)c3nc(-c4ccnc5ccccc45)nc(-c4ccccc4F)c3CC[C@H]12.CCC[C@@]1(C)C(=O)C=C[C@@]2(C)c3nc(-c4ccnc5ccccc45)nc(-c4ccccc4F)c3CC[C@H]12.C[C@H]1C(=O)C=C[C@@]2(C)c3nc(-c4ccnc5ccccc45)nc(-c4ccccc4F)c3CC[C@H]12.C[C@H]1C(=O)CC[C@@]2(C)c3nc(-c4ccnc5ccccc45)nc(-c4ccccc4F)c3CC[C@H]12. The van der Waals surface area contributed by atoms with Crippen molar-refractivity contribution in [3.05, 3.63) is 361 Å². The van der Waals surface area contributed by atoms with Crippen molar-refractivity contribution in [3.63, 3.8) is 0 Å². The van der Waals surface area contributed by atoms with Crippen molar-refractivity contribution in [1.82, 2.24) is 59.8 Å². The Morgan fingerprint density at radius 2 is 0.662 bits per heavy atom. The number of hydrogen-bond donors (Lipinski definition) is 0. The van der Waals surface area contributed by atoms with Gasteiger partial charge in [-0.15, -0.1) is 6.58 Å². The van der Waals surface area contributed by atoms with E-state index in [9.17, 15) is 19.2 Å². The highest BCUT2D eigenvalue weighted by molar-refractivity contribution is 6.00. The molecule has 0 saturated heterocycles. The molecule has 16 nitrogen and oxygen atoms in total. The van der Waals surface area contributed by atoms with E-state index in [-0.39, 0.29) is 81.5 Å². The third kappa shape index (κ3) is 15.8. The minimum atomic E-state index is -0.574. The number of carbonyl (C=O) groups excluding carboxylic acids is 4. The van der Waals surface area contributed by atoms with Gasteiger partial charge < -0.3 is 0 Å². The van der Waals surface area contributed by atoms with Crippen LogP contribution in [0.3, 0.4) is 0 Å². The average molecular weight is 1880 g/mol. The lowest BCUT2D eigenvalue weighted by Gasteiger charge is -2.51. The zero-order chi connectivity index (χ0) is 98.5.